The van der Waals surface area contributed by atoms with Gasteiger partial charge in [0.1, 0.15) is 22.8 Å². The molecule has 4 heterocycles. The number of oxazole rings is 1. The number of likely N-dealkylation sites (tertiary alicyclic amines) is 1. The smallest absolute Gasteiger partial charge is 0.236 e. The predicted molar refractivity (Wildman–Crippen MR) is 179 cm³/mol. The van der Waals surface area contributed by atoms with E-state index in [1.165, 1.54) is 10.8 Å². The molecule has 11 nitrogen and oxygen atoms in total. The molecule has 246 valence electrons. The summed E-state index contributed by atoms with van der Waals surface area (Å²) in [4.78, 5) is 11.3. The van der Waals surface area contributed by atoms with Crippen LogP contribution in [0.2, 0.25) is 10.0 Å². The molecule has 3 N–H and O–H groups in total. The highest BCUT2D eigenvalue weighted by Crippen LogP contribution is 2.45. The summed E-state index contributed by atoms with van der Waals surface area (Å²) in [6.07, 6.45) is 3.05. The monoisotopic (exact) mass is 686 g/mol. The molecule has 5 aromatic rings. The number of nitrogens with zero attached hydrogens (tertiary/aromatic N) is 5. The number of halogens is 2. The Morgan fingerprint density at radius 2 is 1.90 bits per heavy atom. The lowest BCUT2D eigenvalue weighted by Crippen LogP contribution is -2.22. The van der Waals surface area contributed by atoms with Crippen LogP contribution in [-0.4, -0.2) is 62.6 Å². The standard InChI is InChI=1S/C35H32Cl2N6O5/c1-46-33-19(16-42-11-10-21(45)18-42)14-27(36)35(41-33)47-28-9-8-23-22(4-2-5-24(23)28)25-6-3-7-26(29(25)37)34-40-30-31(48-34)20(15-38)17-43(12-13-44)32(30)39/h2-7,14,17,21,28,39,44-45H,8-13,16,18H2,1H3/t21-,28+/m1/s1. The summed E-state index contributed by atoms with van der Waals surface area (Å²) in [5.41, 5.74) is 5.83. The van der Waals surface area contributed by atoms with E-state index in [0.717, 1.165) is 47.2 Å². The maximum absolute atomic E-state index is 9.92. The third-order valence-corrected chi connectivity index (χ3v) is 9.61. The first-order chi connectivity index (χ1) is 23.3. The lowest BCUT2D eigenvalue weighted by Gasteiger charge is -2.20. The number of nitrogens with one attached hydrogen (secondary N) is 1. The number of aromatic nitrogens is 3. The molecule has 1 aliphatic heterocycles. The normalized spacial score (nSPS) is 17.5. The maximum atomic E-state index is 9.92. The van der Waals surface area contributed by atoms with Crippen LogP contribution in [0.3, 0.4) is 0 Å². The Kier molecular flexibility index (Phi) is 8.85. The van der Waals surface area contributed by atoms with Crippen molar-refractivity contribution < 1.29 is 24.1 Å². The molecule has 1 saturated heterocycles. The molecule has 0 amide bonds. The van der Waals surface area contributed by atoms with E-state index in [-0.39, 0.29) is 53.4 Å². The van der Waals surface area contributed by atoms with Gasteiger partial charge in [0.15, 0.2) is 16.6 Å². The summed E-state index contributed by atoms with van der Waals surface area (Å²) < 4.78 is 19.5. The number of hydrogen-bond donors (Lipinski definition) is 3. The second-order valence-electron chi connectivity index (χ2n) is 11.9. The van der Waals surface area contributed by atoms with Gasteiger partial charge in [-0.1, -0.05) is 53.5 Å². The lowest BCUT2D eigenvalue weighted by molar-refractivity contribution is 0.174. The fourth-order valence-electron chi connectivity index (χ4n) is 6.65. The Balaban J connectivity index is 1.19. The van der Waals surface area contributed by atoms with E-state index in [4.69, 9.17) is 42.5 Å². The van der Waals surface area contributed by atoms with Crippen molar-refractivity contribution in [2.75, 3.05) is 26.8 Å². The van der Waals surface area contributed by atoms with E-state index in [2.05, 4.69) is 20.9 Å². The molecule has 3 aromatic heterocycles. The molecule has 48 heavy (non-hydrogen) atoms. The largest absolute Gasteiger partial charge is 0.481 e. The topological polar surface area (TPSA) is 154 Å². The van der Waals surface area contributed by atoms with E-state index in [0.29, 0.717) is 46.9 Å². The third-order valence-electron chi connectivity index (χ3n) is 8.94. The number of nitriles is 1. The van der Waals surface area contributed by atoms with Crippen LogP contribution in [-0.2, 0) is 19.5 Å². The minimum absolute atomic E-state index is 0.0283. The molecule has 0 saturated carbocycles. The Morgan fingerprint density at radius 1 is 1.10 bits per heavy atom. The highest BCUT2D eigenvalue weighted by molar-refractivity contribution is 6.36. The number of pyridine rings is 2. The van der Waals surface area contributed by atoms with E-state index in [1.807, 2.05) is 36.4 Å². The van der Waals surface area contributed by atoms with Crippen molar-refractivity contribution in [1.29, 1.82) is 10.7 Å². The maximum Gasteiger partial charge on any atom is 0.236 e. The van der Waals surface area contributed by atoms with Gasteiger partial charge < -0.3 is 28.7 Å². The Bertz CT molecular complexity index is 2140. The summed E-state index contributed by atoms with van der Waals surface area (Å²) in [5, 5.41) is 38.4. The van der Waals surface area contributed by atoms with Crippen molar-refractivity contribution in [2.24, 2.45) is 0 Å². The Morgan fingerprint density at radius 3 is 2.65 bits per heavy atom. The molecule has 1 aliphatic carbocycles. The zero-order chi connectivity index (χ0) is 33.5. The van der Waals surface area contributed by atoms with Crippen molar-refractivity contribution in [3.05, 3.63) is 86.4 Å². The first-order valence-corrected chi connectivity index (χ1v) is 16.4. The lowest BCUT2D eigenvalue weighted by atomic mass is 9.95. The molecule has 7 rings (SSSR count). The van der Waals surface area contributed by atoms with Crippen LogP contribution in [0, 0.1) is 16.7 Å². The highest BCUT2D eigenvalue weighted by Gasteiger charge is 2.30. The van der Waals surface area contributed by atoms with E-state index in [9.17, 15) is 15.5 Å². The molecule has 2 aromatic carbocycles. The van der Waals surface area contributed by atoms with Crippen molar-refractivity contribution in [1.82, 2.24) is 19.4 Å². The van der Waals surface area contributed by atoms with E-state index < -0.39 is 0 Å². The number of aliphatic hydroxyl groups excluding tert-OH is 2. The van der Waals surface area contributed by atoms with Crippen LogP contribution in [0.4, 0.5) is 0 Å². The first kappa shape index (κ1) is 32.1. The molecular weight excluding hydrogens is 655 g/mol. The SMILES string of the molecule is COc1nc(O[C@H]2CCc3c(-c4cccc(-c5nc6c(=N)n(CCO)cc(C#N)c6o5)c4Cl)cccc32)c(Cl)cc1CN1CC[C@@H](O)C1. The molecule has 0 spiro atoms. The molecule has 2 atom stereocenters. The molecule has 0 bridgehead atoms. The number of fused-ring (bicyclic) bond motifs is 2. The van der Waals surface area contributed by atoms with Gasteiger partial charge in [-0.2, -0.15) is 10.2 Å². The zero-order valence-electron chi connectivity index (χ0n) is 26.0. The molecule has 0 radical (unpaired) electrons. The van der Waals surface area contributed by atoms with Gasteiger partial charge in [0.05, 0.1) is 30.4 Å². The van der Waals surface area contributed by atoms with E-state index >= 15 is 0 Å². The molecular formula is C35H32Cl2N6O5. The van der Waals surface area contributed by atoms with Gasteiger partial charge in [0, 0.05) is 43.5 Å². The highest BCUT2D eigenvalue weighted by atomic mass is 35.5. The Hall–Kier alpha value is -4.44. The summed E-state index contributed by atoms with van der Waals surface area (Å²) in [5.74, 6) is 0.924. The summed E-state index contributed by atoms with van der Waals surface area (Å²) in [7, 11) is 1.57. The number of hydrogen-bond acceptors (Lipinski definition) is 10. The van der Waals surface area contributed by atoms with Gasteiger partial charge in [0.25, 0.3) is 0 Å². The number of benzene rings is 2. The fourth-order valence-corrected chi connectivity index (χ4v) is 7.18. The molecule has 1 fully saturated rings. The quantitative estimate of drug-likeness (QED) is 0.178. The van der Waals surface area contributed by atoms with Crippen molar-refractivity contribution in [3.63, 3.8) is 0 Å². The number of methoxy groups -OCH3 is 1. The fraction of sp³-hybridized carbons (Fsp3) is 0.314. The summed E-state index contributed by atoms with van der Waals surface area (Å²) in [6, 6.07) is 15.5. The molecule has 0 unspecified atom stereocenters. The predicted octanol–water partition coefficient (Wildman–Crippen LogP) is 5.65. The van der Waals surface area contributed by atoms with Crippen LogP contribution in [0.5, 0.6) is 11.8 Å². The van der Waals surface area contributed by atoms with Crippen LogP contribution < -0.4 is 15.0 Å². The van der Waals surface area contributed by atoms with Crippen LogP contribution in [0.1, 0.15) is 41.2 Å². The van der Waals surface area contributed by atoms with Gasteiger partial charge in [-0.25, -0.2) is 4.98 Å². The summed E-state index contributed by atoms with van der Waals surface area (Å²) in [6.45, 7) is 1.93. The minimum atomic E-state index is -0.325. The van der Waals surface area contributed by atoms with Crippen LogP contribution in [0.25, 0.3) is 33.7 Å². The van der Waals surface area contributed by atoms with Crippen LogP contribution in [0.15, 0.2) is 53.1 Å². The minimum Gasteiger partial charge on any atom is -0.481 e. The van der Waals surface area contributed by atoms with Crippen molar-refractivity contribution >= 4 is 34.3 Å². The van der Waals surface area contributed by atoms with Gasteiger partial charge in [-0.05, 0) is 48.1 Å². The van der Waals surface area contributed by atoms with Gasteiger partial charge >= 0.3 is 0 Å². The number of rotatable bonds is 9. The van der Waals surface area contributed by atoms with E-state index in [1.54, 1.807) is 13.2 Å². The average molecular weight is 688 g/mol. The second-order valence-corrected chi connectivity index (χ2v) is 12.7. The Labute approximate surface area is 286 Å². The first-order valence-electron chi connectivity index (χ1n) is 15.6. The molecule has 2 aliphatic rings. The summed E-state index contributed by atoms with van der Waals surface area (Å²) >= 11 is 13.8. The third kappa shape index (κ3) is 5.80. The number of ether oxygens (including phenoxy) is 2. The molecule has 13 heteroatoms. The average Bonchev–Trinajstić information content (AvgIpc) is 3.83. The van der Waals surface area contributed by atoms with Gasteiger partial charge in [-0.15, -0.1) is 0 Å². The van der Waals surface area contributed by atoms with Gasteiger partial charge in [-0.3, -0.25) is 10.3 Å². The zero-order valence-corrected chi connectivity index (χ0v) is 27.6. The van der Waals surface area contributed by atoms with Crippen LogP contribution >= 0.6 is 23.2 Å². The second kappa shape index (κ2) is 13.2. The van der Waals surface area contributed by atoms with Crippen molar-refractivity contribution in [2.45, 2.75) is 44.6 Å². The number of aliphatic hydroxyl groups is 2. The van der Waals surface area contributed by atoms with Gasteiger partial charge in [0.2, 0.25) is 17.7 Å². The van der Waals surface area contributed by atoms with Crippen molar-refractivity contribution in [3.8, 4) is 40.4 Å². The number of β-amino-alcohol motifs (C(OH)–C–C–N with tert-alkyl or cyclic N) is 1.